The average Bonchev–Trinajstić information content (AvgIpc) is 2.53. The molecule has 1 heterocycles. The van der Waals surface area contributed by atoms with Crippen LogP contribution < -0.4 is 10.6 Å². The van der Waals surface area contributed by atoms with Crippen LogP contribution in [0, 0.1) is 0 Å². The Hall–Kier alpha value is -1.94. The maximum atomic E-state index is 5.97. The molecule has 0 radical (unpaired) electrons. The molecule has 0 aliphatic rings. The Kier molecular flexibility index (Phi) is 4.69. The van der Waals surface area contributed by atoms with Gasteiger partial charge in [-0.1, -0.05) is 32.0 Å². The number of para-hydroxylation sites is 1. The summed E-state index contributed by atoms with van der Waals surface area (Å²) in [6.07, 6.45) is 1.82. The molecule has 0 aliphatic carbocycles. The van der Waals surface area contributed by atoms with Crippen LogP contribution in [0.15, 0.2) is 30.3 Å². The Balaban J connectivity index is 2.51. The number of anilines is 2. The first-order valence-electron chi connectivity index (χ1n) is 7.09. The van der Waals surface area contributed by atoms with Crippen molar-refractivity contribution in [3.8, 4) is 0 Å². The molecule has 106 valence electrons. The van der Waals surface area contributed by atoms with Crippen molar-refractivity contribution in [2.75, 3.05) is 11.9 Å². The number of aromatic nitrogens is 2. The van der Waals surface area contributed by atoms with Gasteiger partial charge in [-0.2, -0.15) is 5.10 Å². The van der Waals surface area contributed by atoms with E-state index in [0.717, 1.165) is 35.6 Å². The first-order chi connectivity index (χ1) is 9.72. The van der Waals surface area contributed by atoms with Gasteiger partial charge in [0.2, 0.25) is 0 Å². The highest BCUT2D eigenvalue weighted by atomic mass is 15.3. The van der Waals surface area contributed by atoms with Crippen molar-refractivity contribution in [1.82, 2.24) is 10.2 Å². The van der Waals surface area contributed by atoms with Gasteiger partial charge >= 0.3 is 0 Å². The molecule has 2 N–H and O–H groups in total. The predicted octanol–water partition coefficient (Wildman–Crippen LogP) is 2.83. The maximum absolute atomic E-state index is 5.97. The second-order valence-electron chi connectivity index (χ2n) is 4.73. The number of rotatable bonds is 5. The zero-order valence-corrected chi connectivity index (χ0v) is 12.4. The fraction of sp³-hybridized carbons (Fsp3) is 0.375. The molecule has 2 rings (SSSR count). The van der Waals surface area contributed by atoms with Gasteiger partial charge in [-0.15, -0.1) is 5.10 Å². The van der Waals surface area contributed by atoms with Crippen LogP contribution in [0.4, 0.5) is 11.5 Å². The molecule has 4 nitrogen and oxygen atoms in total. The Labute approximate surface area is 120 Å². The zero-order valence-electron chi connectivity index (χ0n) is 12.4. The lowest BCUT2D eigenvalue weighted by Gasteiger charge is -2.23. The van der Waals surface area contributed by atoms with Gasteiger partial charge in [0.25, 0.3) is 0 Å². The summed E-state index contributed by atoms with van der Waals surface area (Å²) in [4.78, 5) is 2.05. The van der Waals surface area contributed by atoms with E-state index in [-0.39, 0.29) is 0 Å². The highest BCUT2D eigenvalue weighted by Gasteiger charge is 2.16. The fourth-order valence-electron chi connectivity index (χ4n) is 2.50. The quantitative estimate of drug-likeness (QED) is 0.907. The van der Waals surface area contributed by atoms with Gasteiger partial charge < -0.3 is 10.6 Å². The average molecular weight is 270 g/mol. The van der Waals surface area contributed by atoms with Gasteiger partial charge in [0.15, 0.2) is 5.82 Å². The predicted molar refractivity (Wildman–Crippen MR) is 83.2 cm³/mol. The molecular weight excluding hydrogens is 248 g/mol. The monoisotopic (exact) mass is 270 g/mol. The second kappa shape index (κ2) is 6.48. The molecule has 20 heavy (non-hydrogen) atoms. The molecule has 0 fully saturated rings. The van der Waals surface area contributed by atoms with Gasteiger partial charge in [-0.3, -0.25) is 0 Å². The molecule has 0 amide bonds. The van der Waals surface area contributed by atoms with E-state index in [1.165, 1.54) is 5.56 Å². The number of nitrogens with two attached hydrogens (primary N) is 1. The van der Waals surface area contributed by atoms with Crippen molar-refractivity contribution in [3.63, 3.8) is 0 Å². The highest BCUT2D eigenvalue weighted by Crippen LogP contribution is 2.27. The lowest BCUT2D eigenvalue weighted by Crippen LogP contribution is -2.19. The maximum Gasteiger partial charge on any atom is 0.160 e. The third kappa shape index (κ3) is 2.65. The van der Waals surface area contributed by atoms with Crippen molar-refractivity contribution in [2.45, 2.75) is 33.2 Å². The van der Waals surface area contributed by atoms with Crippen molar-refractivity contribution < 1.29 is 0 Å². The summed E-state index contributed by atoms with van der Waals surface area (Å²) in [7, 11) is 2.00. The van der Waals surface area contributed by atoms with Gasteiger partial charge in [0.05, 0.1) is 5.69 Å². The standard InChI is InChI=1S/C16H22N4/c1-4-13-14(11-17)16(19-18-15(13)5-2)20(3)12-9-7-6-8-10-12/h6-10H,4-5,11,17H2,1-3H3. The van der Waals surface area contributed by atoms with Crippen LogP contribution in [-0.4, -0.2) is 17.2 Å². The first-order valence-corrected chi connectivity index (χ1v) is 7.09. The number of nitrogens with zero attached hydrogens (tertiary/aromatic N) is 3. The van der Waals surface area contributed by atoms with Crippen molar-refractivity contribution >= 4 is 11.5 Å². The van der Waals surface area contributed by atoms with E-state index in [2.05, 4.69) is 36.2 Å². The van der Waals surface area contributed by atoms with Crippen LogP contribution in [0.5, 0.6) is 0 Å². The van der Waals surface area contributed by atoms with Crippen molar-refractivity contribution in [1.29, 1.82) is 0 Å². The summed E-state index contributed by atoms with van der Waals surface area (Å²) in [5.74, 6) is 0.854. The molecular formula is C16H22N4. The summed E-state index contributed by atoms with van der Waals surface area (Å²) in [6.45, 7) is 4.73. The van der Waals surface area contributed by atoms with E-state index in [4.69, 9.17) is 5.73 Å². The van der Waals surface area contributed by atoms with Crippen LogP contribution in [-0.2, 0) is 19.4 Å². The Morgan fingerprint density at radius 3 is 2.25 bits per heavy atom. The van der Waals surface area contributed by atoms with E-state index < -0.39 is 0 Å². The van der Waals surface area contributed by atoms with E-state index in [1.54, 1.807) is 0 Å². The molecule has 1 aromatic heterocycles. The molecule has 2 aromatic rings. The van der Waals surface area contributed by atoms with Crippen LogP contribution in [0.3, 0.4) is 0 Å². The number of aryl methyl sites for hydroxylation is 1. The Bertz CT molecular complexity index is 566. The summed E-state index contributed by atoms with van der Waals surface area (Å²) >= 11 is 0. The van der Waals surface area contributed by atoms with Gasteiger partial charge in [0.1, 0.15) is 0 Å². The number of hydrogen-bond acceptors (Lipinski definition) is 4. The normalized spacial score (nSPS) is 10.6. The molecule has 0 aliphatic heterocycles. The summed E-state index contributed by atoms with van der Waals surface area (Å²) in [5, 5.41) is 8.78. The fourth-order valence-corrected chi connectivity index (χ4v) is 2.50. The minimum absolute atomic E-state index is 0.484. The summed E-state index contributed by atoms with van der Waals surface area (Å²) in [6, 6.07) is 10.2. The second-order valence-corrected chi connectivity index (χ2v) is 4.73. The number of benzene rings is 1. The van der Waals surface area contributed by atoms with E-state index >= 15 is 0 Å². The van der Waals surface area contributed by atoms with Crippen molar-refractivity contribution in [2.24, 2.45) is 5.73 Å². The third-order valence-electron chi connectivity index (χ3n) is 3.60. The molecule has 0 spiro atoms. The molecule has 0 unspecified atom stereocenters. The summed E-state index contributed by atoms with van der Waals surface area (Å²) in [5.41, 5.74) is 10.5. The molecule has 1 aromatic carbocycles. The topological polar surface area (TPSA) is 55.0 Å². The first kappa shape index (κ1) is 14.5. The molecule has 0 bridgehead atoms. The van der Waals surface area contributed by atoms with E-state index in [9.17, 15) is 0 Å². The number of hydrogen-bond donors (Lipinski definition) is 1. The van der Waals surface area contributed by atoms with E-state index in [0.29, 0.717) is 6.54 Å². The van der Waals surface area contributed by atoms with Crippen LogP contribution >= 0.6 is 0 Å². The highest BCUT2D eigenvalue weighted by molar-refractivity contribution is 5.63. The Morgan fingerprint density at radius 1 is 1.00 bits per heavy atom. The smallest absolute Gasteiger partial charge is 0.160 e. The minimum Gasteiger partial charge on any atom is -0.328 e. The van der Waals surface area contributed by atoms with Gasteiger partial charge in [-0.25, -0.2) is 0 Å². The van der Waals surface area contributed by atoms with Crippen LogP contribution in [0.1, 0.15) is 30.7 Å². The van der Waals surface area contributed by atoms with E-state index in [1.807, 2.05) is 30.1 Å². The van der Waals surface area contributed by atoms with Gasteiger partial charge in [-0.05, 0) is 30.5 Å². The third-order valence-corrected chi connectivity index (χ3v) is 3.60. The van der Waals surface area contributed by atoms with Gasteiger partial charge in [0, 0.05) is 24.8 Å². The van der Waals surface area contributed by atoms with Crippen LogP contribution in [0.2, 0.25) is 0 Å². The SMILES string of the molecule is CCc1nnc(N(C)c2ccccc2)c(CN)c1CC. The molecule has 0 saturated carbocycles. The Morgan fingerprint density at radius 2 is 1.70 bits per heavy atom. The molecule has 0 saturated heterocycles. The molecule has 0 atom stereocenters. The van der Waals surface area contributed by atoms with Crippen LogP contribution in [0.25, 0.3) is 0 Å². The lowest BCUT2D eigenvalue weighted by molar-refractivity contribution is 0.832. The zero-order chi connectivity index (χ0) is 14.5. The largest absolute Gasteiger partial charge is 0.328 e. The minimum atomic E-state index is 0.484. The lowest BCUT2D eigenvalue weighted by atomic mass is 10.0. The van der Waals surface area contributed by atoms with Crippen molar-refractivity contribution in [3.05, 3.63) is 47.2 Å². The summed E-state index contributed by atoms with van der Waals surface area (Å²) < 4.78 is 0. The molecule has 4 heteroatoms.